The van der Waals surface area contributed by atoms with E-state index < -0.39 is 0 Å². The van der Waals surface area contributed by atoms with Crippen LogP contribution in [-0.2, 0) is 0 Å². The smallest absolute Gasteiger partial charge is 0.157 e. The van der Waals surface area contributed by atoms with Gasteiger partial charge in [0, 0.05) is 11.5 Å². The Hall–Kier alpha value is -0.960. The molecule has 12 heavy (non-hydrogen) atoms. The highest BCUT2D eigenvalue weighted by molar-refractivity contribution is 5.12. The highest BCUT2D eigenvalue weighted by Crippen LogP contribution is 2.17. The van der Waals surface area contributed by atoms with E-state index in [0.717, 1.165) is 0 Å². The van der Waals surface area contributed by atoms with Crippen LogP contribution in [0.3, 0.4) is 0 Å². The molecule has 0 unspecified atom stereocenters. The average Bonchev–Trinajstić information content (AvgIpc) is 2.53. The van der Waals surface area contributed by atoms with E-state index >= 15 is 0 Å². The summed E-state index contributed by atoms with van der Waals surface area (Å²) in [6, 6.07) is 1.74. The molecule has 0 aromatic carbocycles. The van der Waals surface area contributed by atoms with Crippen LogP contribution in [0.1, 0.15) is 13.8 Å². The van der Waals surface area contributed by atoms with E-state index in [1.165, 1.54) is 6.26 Å². The van der Waals surface area contributed by atoms with E-state index in [-0.39, 0.29) is 12.0 Å². The molecule has 0 bridgehead atoms. The first-order valence-corrected chi connectivity index (χ1v) is 3.90. The van der Waals surface area contributed by atoms with Gasteiger partial charge in [-0.1, -0.05) is 13.8 Å². The van der Waals surface area contributed by atoms with Crippen molar-refractivity contribution in [1.82, 2.24) is 0 Å². The van der Waals surface area contributed by atoms with Gasteiger partial charge in [0.15, 0.2) is 5.75 Å². The molecule has 68 valence electrons. The lowest BCUT2D eigenvalue weighted by atomic mass is 9.97. The second kappa shape index (κ2) is 3.63. The number of hydrogen-bond donors (Lipinski definition) is 1. The lowest BCUT2D eigenvalue weighted by Gasteiger charge is -2.20. The zero-order valence-corrected chi connectivity index (χ0v) is 7.41. The predicted molar refractivity (Wildman–Crippen MR) is 45.1 cm³/mol. The van der Waals surface area contributed by atoms with Crippen molar-refractivity contribution in [3.8, 4) is 5.75 Å². The van der Waals surface area contributed by atoms with E-state index in [0.29, 0.717) is 12.4 Å². The van der Waals surface area contributed by atoms with Crippen LogP contribution in [0.2, 0.25) is 0 Å². The number of ether oxygens (including phenoxy) is 1. The average molecular weight is 170 g/mol. The maximum atomic E-state index is 8.92. The van der Waals surface area contributed by atoms with Crippen molar-refractivity contribution in [1.29, 1.82) is 0 Å². The highest BCUT2D eigenvalue weighted by Gasteiger charge is 2.17. The van der Waals surface area contributed by atoms with Gasteiger partial charge in [-0.3, -0.25) is 0 Å². The zero-order chi connectivity index (χ0) is 9.03. The Morgan fingerprint density at radius 1 is 1.58 bits per heavy atom. The maximum absolute atomic E-state index is 8.92. The van der Waals surface area contributed by atoms with Gasteiger partial charge in [0.05, 0.1) is 19.5 Å². The van der Waals surface area contributed by atoms with Crippen LogP contribution in [0.4, 0.5) is 0 Å². The van der Waals surface area contributed by atoms with Crippen LogP contribution in [0.5, 0.6) is 5.75 Å². The van der Waals surface area contributed by atoms with Crippen LogP contribution in [0, 0.1) is 5.41 Å². The quantitative estimate of drug-likeness (QED) is 0.747. The van der Waals surface area contributed by atoms with Crippen molar-refractivity contribution in [3.05, 3.63) is 18.6 Å². The summed E-state index contributed by atoms with van der Waals surface area (Å²) < 4.78 is 10.2. The molecule has 3 heteroatoms. The minimum Gasteiger partial charge on any atom is -0.490 e. The van der Waals surface area contributed by atoms with E-state index in [4.69, 9.17) is 14.3 Å². The van der Waals surface area contributed by atoms with Crippen LogP contribution < -0.4 is 4.74 Å². The number of rotatable bonds is 4. The van der Waals surface area contributed by atoms with Crippen LogP contribution in [-0.4, -0.2) is 18.3 Å². The molecule has 1 rings (SSSR count). The molecule has 1 aromatic heterocycles. The Bertz CT molecular complexity index is 214. The molecule has 3 nitrogen and oxygen atoms in total. The number of furan rings is 1. The van der Waals surface area contributed by atoms with Crippen molar-refractivity contribution in [2.75, 3.05) is 13.2 Å². The largest absolute Gasteiger partial charge is 0.490 e. The van der Waals surface area contributed by atoms with Gasteiger partial charge in [-0.25, -0.2) is 0 Å². The summed E-state index contributed by atoms with van der Waals surface area (Å²) >= 11 is 0. The summed E-state index contributed by atoms with van der Waals surface area (Å²) in [5.41, 5.74) is -0.197. The van der Waals surface area contributed by atoms with Gasteiger partial charge in [-0.15, -0.1) is 0 Å². The molecule has 1 heterocycles. The third-order valence-electron chi connectivity index (χ3n) is 1.55. The molecule has 0 aliphatic rings. The predicted octanol–water partition coefficient (Wildman–Crippen LogP) is 1.68. The molecule has 0 spiro atoms. The summed E-state index contributed by atoms with van der Waals surface area (Å²) in [6.45, 7) is 4.48. The second-order valence-electron chi connectivity index (χ2n) is 3.57. The van der Waals surface area contributed by atoms with Gasteiger partial charge >= 0.3 is 0 Å². The third kappa shape index (κ3) is 2.58. The lowest BCUT2D eigenvalue weighted by Crippen LogP contribution is -2.25. The van der Waals surface area contributed by atoms with E-state index in [9.17, 15) is 0 Å². The fraction of sp³-hybridized carbons (Fsp3) is 0.556. The monoisotopic (exact) mass is 170 g/mol. The highest BCUT2D eigenvalue weighted by atomic mass is 16.5. The fourth-order valence-electron chi connectivity index (χ4n) is 0.658. The Morgan fingerprint density at radius 2 is 2.33 bits per heavy atom. The summed E-state index contributed by atoms with van der Waals surface area (Å²) in [7, 11) is 0. The summed E-state index contributed by atoms with van der Waals surface area (Å²) in [5.74, 6) is 0.705. The van der Waals surface area contributed by atoms with Gasteiger partial charge in [-0.05, 0) is 0 Å². The zero-order valence-electron chi connectivity index (χ0n) is 7.41. The number of aliphatic hydroxyl groups is 1. The fourth-order valence-corrected chi connectivity index (χ4v) is 0.658. The minimum absolute atomic E-state index is 0.116. The molecule has 0 aliphatic carbocycles. The molecule has 0 atom stereocenters. The second-order valence-corrected chi connectivity index (χ2v) is 3.57. The SMILES string of the molecule is CC(C)(CO)COc1ccoc1. The first-order valence-electron chi connectivity index (χ1n) is 3.90. The van der Waals surface area contributed by atoms with Crippen LogP contribution in [0.25, 0.3) is 0 Å². The summed E-state index contributed by atoms with van der Waals surface area (Å²) in [6.07, 6.45) is 3.09. The standard InChI is InChI=1S/C9H14O3/c1-9(2,6-10)7-12-8-3-4-11-5-8/h3-5,10H,6-7H2,1-2H3. The first-order chi connectivity index (χ1) is 5.64. The molecule has 0 fully saturated rings. The van der Waals surface area contributed by atoms with Crippen molar-refractivity contribution in [2.24, 2.45) is 5.41 Å². The first kappa shape index (κ1) is 9.13. The van der Waals surface area contributed by atoms with Gasteiger partial charge < -0.3 is 14.3 Å². The van der Waals surface area contributed by atoms with Gasteiger partial charge in [0.1, 0.15) is 6.26 Å². The number of aliphatic hydroxyl groups excluding tert-OH is 1. The molecule has 0 amide bonds. The Balaban J connectivity index is 2.36. The third-order valence-corrected chi connectivity index (χ3v) is 1.55. The molecule has 1 aromatic rings. The lowest BCUT2D eigenvalue weighted by molar-refractivity contribution is 0.0972. The number of hydrogen-bond acceptors (Lipinski definition) is 3. The molecule has 1 N–H and O–H groups in total. The molecule has 0 radical (unpaired) electrons. The Morgan fingerprint density at radius 3 is 2.83 bits per heavy atom. The van der Waals surface area contributed by atoms with Gasteiger partial charge in [-0.2, -0.15) is 0 Å². The van der Waals surface area contributed by atoms with E-state index in [1.807, 2.05) is 13.8 Å². The molecular formula is C9H14O3. The van der Waals surface area contributed by atoms with Gasteiger partial charge in [0.2, 0.25) is 0 Å². The Labute approximate surface area is 72.0 Å². The summed E-state index contributed by atoms with van der Waals surface area (Å²) in [4.78, 5) is 0. The molecule has 0 saturated heterocycles. The molecule has 0 saturated carbocycles. The van der Waals surface area contributed by atoms with Crippen LogP contribution in [0.15, 0.2) is 23.0 Å². The Kier molecular flexibility index (Phi) is 2.76. The van der Waals surface area contributed by atoms with Crippen LogP contribution >= 0.6 is 0 Å². The summed E-state index contributed by atoms with van der Waals surface area (Å²) in [5, 5.41) is 8.92. The topological polar surface area (TPSA) is 42.6 Å². The van der Waals surface area contributed by atoms with Crippen molar-refractivity contribution in [2.45, 2.75) is 13.8 Å². The van der Waals surface area contributed by atoms with E-state index in [2.05, 4.69) is 0 Å². The van der Waals surface area contributed by atoms with Crippen molar-refractivity contribution >= 4 is 0 Å². The maximum Gasteiger partial charge on any atom is 0.157 e. The van der Waals surface area contributed by atoms with Crippen molar-refractivity contribution < 1.29 is 14.3 Å². The molecular weight excluding hydrogens is 156 g/mol. The molecule has 0 aliphatic heterocycles. The normalized spacial score (nSPS) is 11.6. The van der Waals surface area contributed by atoms with Crippen molar-refractivity contribution in [3.63, 3.8) is 0 Å². The van der Waals surface area contributed by atoms with Gasteiger partial charge in [0.25, 0.3) is 0 Å². The van der Waals surface area contributed by atoms with E-state index in [1.54, 1.807) is 12.3 Å². The minimum atomic E-state index is -0.197.